The van der Waals surface area contributed by atoms with E-state index < -0.39 is 36.2 Å². The molecule has 0 bridgehead atoms. The summed E-state index contributed by atoms with van der Waals surface area (Å²) in [5, 5.41) is 20.0. The number of halogens is 3. The van der Waals surface area contributed by atoms with Crippen LogP contribution in [-0.4, -0.2) is 57.8 Å². The first-order chi connectivity index (χ1) is 17.3. The molecule has 0 amide bonds. The van der Waals surface area contributed by atoms with Gasteiger partial charge in [0.2, 0.25) is 0 Å². The molecule has 4 atom stereocenters. The number of hydrogen-bond donors (Lipinski definition) is 3. The van der Waals surface area contributed by atoms with Crippen LogP contribution in [0.1, 0.15) is 5.56 Å². The summed E-state index contributed by atoms with van der Waals surface area (Å²) < 4.78 is 59.0. The SMILES string of the molecule is Oc1ccccc1-c1ccc(-c2cc3nc(O[C@@H]4CO[C@H]5[C@@H]4OC[C@H]5O)[nH]c3cc2C(F)(F)F)cc1. The minimum Gasteiger partial charge on any atom is -0.507 e. The second kappa shape index (κ2) is 8.51. The predicted octanol–water partition coefficient (Wildman–Crippen LogP) is 4.53. The molecule has 3 N–H and O–H groups in total. The van der Waals surface area contributed by atoms with Gasteiger partial charge in [-0.3, -0.25) is 0 Å². The lowest BCUT2D eigenvalue weighted by molar-refractivity contribution is -0.137. The van der Waals surface area contributed by atoms with E-state index in [2.05, 4.69) is 9.97 Å². The van der Waals surface area contributed by atoms with E-state index in [4.69, 9.17) is 14.2 Å². The average molecular weight is 498 g/mol. The van der Waals surface area contributed by atoms with Crippen LogP contribution in [0.25, 0.3) is 33.3 Å². The molecule has 7 nitrogen and oxygen atoms in total. The Labute approximate surface area is 203 Å². The van der Waals surface area contributed by atoms with Crippen molar-refractivity contribution in [3.8, 4) is 34.0 Å². The maximum atomic E-state index is 14.0. The number of nitrogens with zero attached hydrogens (tertiary/aromatic N) is 1. The number of imidazole rings is 1. The van der Waals surface area contributed by atoms with Gasteiger partial charge in [-0.05, 0) is 34.9 Å². The van der Waals surface area contributed by atoms with Crippen LogP contribution in [-0.2, 0) is 15.7 Å². The molecule has 10 heteroatoms. The molecule has 0 radical (unpaired) electrons. The molecule has 0 saturated carbocycles. The van der Waals surface area contributed by atoms with Gasteiger partial charge in [0.25, 0.3) is 6.01 Å². The molecule has 2 fully saturated rings. The number of benzene rings is 3. The first-order valence-electron chi connectivity index (χ1n) is 11.4. The van der Waals surface area contributed by atoms with E-state index >= 15 is 0 Å². The number of aromatic nitrogens is 2. The smallest absolute Gasteiger partial charge is 0.417 e. The van der Waals surface area contributed by atoms with E-state index in [0.717, 1.165) is 6.07 Å². The summed E-state index contributed by atoms with van der Waals surface area (Å²) >= 11 is 0. The van der Waals surface area contributed by atoms with Gasteiger partial charge in [-0.15, -0.1) is 0 Å². The van der Waals surface area contributed by atoms with Crippen molar-refractivity contribution in [3.63, 3.8) is 0 Å². The molecule has 3 heterocycles. The summed E-state index contributed by atoms with van der Waals surface area (Å²) in [5.41, 5.74) is 1.26. The van der Waals surface area contributed by atoms with Crippen molar-refractivity contribution in [2.24, 2.45) is 0 Å². The number of alkyl halides is 3. The van der Waals surface area contributed by atoms with Gasteiger partial charge in [0.15, 0.2) is 6.10 Å². The van der Waals surface area contributed by atoms with Crippen LogP contribution in [0.3, 0.4) is 0 Å². The number of para-hydroxylation sites is 1. The Kier molecular flexibility index (Phi) is 5.40. The third-order valence-electron chi connectivity index (χ3n) is 6.56. The number of aromatic hydroxyl groups is 1. The van der Waals surface area contributed by atoms with Gasteiger partial charge < -0.3 is 29.4 Å². The van der Waals surface area contributed by atoms with Gasteiger partial charge in [0.05, 0.1) is 29.8 Å². The maximum absolute atomic E-state index is 14.0. The van der Waals surface area contributed by atoms with Crippen molar-refractivity contribution in [1.29, 1.82) is 0 Å². The van der Waals surface area contributed by atoms with Crippen LogP contribution in [0.4, 0.5) is 13.2 Å². The van der Waals surface area contributed by atoms with E-state index in [0.29, 0.717) is 22.2 Å². The molecular formula is C26H21F3N2O5. The lowest BCUT2D eigenvalue weighted by atomic mass is 9.96. The highest BCUT2D eigenvalue weighted by Gasteiger charge is 2.48. The highest BCUT2D eigenvalue weighted by atomic mass is 19.4. The van der Waals surface area contributed by atoms with Gasteiger partial charge in [0, 0.05) is 5.56 Å². The monoisotopic (exact) mass is 498 g/mol. The number of H-pyrrole nitrogens is 1. The van der Waals surface area contributed by atoms with E-state index in [1.807, 2.05) is 0 Å². The molecule has 2 saturated heterocycles. The summed E-state index contributed by atoms with van der Waals surface area (Å²) in [4.78, 5) is 7.15. The fourth-order valence-corrected chi connectivity index (χ4v) is 4.80. The molecule has 1 aromatic heterocycles. The Balaban J connectivity index is 1.34. The van der Waals surface area contributed by atoms with Crippen LogP contribution >= 0.6 is 0 Å². The van der Waals surface area contributed by atoms with Crippen LogP contribution in [0.15, 0.2) is 60.7 Å². The van der Waals surface area contributed by atoms with Gasteiger partial charge in [-0.25, -0.2) is 0 Å². The van der Waals surface area contributed by atoms with E-state index in [1.54, 1.807) is 48.5 Å². The molecule has 36 heavy (non-hydrogen) atoms. The molecule has 186 valence electrons. The van der Waals surface area contributed by atoms with Gasteiger partial charge in [-0.1, -0.05) is 42.5 Å². The van der Waals surface area contributed by atoms with Crippen molar-refractivity contribution in [2.75, 3.05) is 13.2 Å². The standard InChI is InChI=1S/C26H21F3N2O5/c27-26(28,29)17-10-19-18(30-25(31-19)36-22-12-35-23-21(33)11-34-24(22)23)9-16(17)14-7-5-13(6-8-14)15-3-1-2-4-20(15)32/h1-10,21-24,32-33H,11-12H2,(H,30,31)/t21-,22-,23-,24-/m1/s1. The number of rotatable bonds is 4. The molecule has 0 spiro atoms. The Morgan fingerprint density at radius 2 is 1.61 bits per heavy atom. The van der Waals surface area contributed by atoms with Gasteiger partial charge >= 0.3 is 6.18 Å². The normalized spacial score (nSPS) is 23.8. The number of fused-ring (bicyclic) bond motifs is 2. The molecule has 4 aromatic rings. The molecule has 2 aliphatic heterocycles. The number of nitrogens with one attached hydrogen (secondary N) is 1. The van der Waals surface area contributed by atoms with Crippen LogP contribution in [0.2, 0.25) is 0 Å². The number of phenols is 1. The van der Waals surface area contributed by atoms with Crippen molar-refractivity contribution in [2.45, 2.75) is 30.6 Å². The number of aliphatic hydroxyl groups excluding tert-OH is 1. The average Bonchev–Trinajstić information content (AvgIpc) is 3.54. The number of aliphatic hydroxyl groups is 1. The largest absolute Gasteiger partial charge is 0.507 e. The number of ether oxygens (including phenoxy) is 3. The highest BCUT2D eigenvalue weighted by molar-refractivity contribution is 5.86. The first kappa shape index (κ1) is 22.8. The summed E-state index contributed by atoms with van der Waals surface area (Å²) in [5.74, 6) is 0.0863. The Morgan fingerprint density at radius 3 is 2.33 bits per heavy atom. The molecule has 3 aromatic carbocycles. The zero-order valence-corrected chi connectivity index (χ0v) is 18.7. The van der Waals surface area contributed by atoms with E-state index in [9.17, 15) is 23.4 Å². The third-order valence-corrected chi connectivity index (χ3v) is 6.56. The molecule has 0 aliphatic carbocycles. The molecule has 6 rings (SSSR count). The van der Waals surface area contributed by atoms with Crippen LogP contribution in [0.5, 0.6) is 11.8 Å². The van der Waals surface area contributed by atoms with Crippen molar-refractivity contribution in [1.82, 2.24) is 9.97 Å². The Morgan fingerprint density at radius 1 is 0.917 bits per heavy atom. The Hall–Kier alpha value is -3.60. The van der Waals surface area contributed by atoms with E-state index in [1.165, 1.54) is 6.07 Å². The fraction of sp³-hybridized carbons (Fsp3) is 0.269. The molecule has 2 aliphatic rings. The summed E-state index contributed by atoms with van der Waals surface area (Å²) in [6.07, 6.45) is -6.86. The van der Waals surface area contributed by atoms with E-state index in [-0.39, 0.29) is 36.1 Å². The van der Waals surface area contributed by atoms with Gasteiger partial charge in [-0.2, -0.15) is 18.2 Å². The number of aromatic amines is 1. The van der Waals surface area contributed by atoms with Crippen molar-refractivity contribution >= 4 is 11.0 Å². The first-order valence-corrected chi connectivity index (χ1v) is 11.4. The van der Waals surface area contributed by atoms with Crippen LogP contribution < -0.4 is 4.74 Å². The minimum atomic E-state index is -4.60. The predicted molar refractivity (Wildman–Crippen MR) is 124 cm³/mol. The summed E-state index contributed by atoms with van der Waals surface area (Å²) in [6.45, 7) is 0.308. The zero-order chi connectivity index (χ0) is 25.0. The Bertz CT molecular complexity index is 1420. The lowest BCUT2D eigenvalue weighted by Gasteiger charge is -2.15. The van der Waals surface area contributed by atoms with Crippen molar-refractivity contribution in [3.05, 3.63) is 66.2 Å². The lowest BCUT2D eigenvalue weighted by Crippen LogP contribution is -2.34. The minimum absolute atomic E-state index is 0.0246. The molecular weight excluding hydrogens is 477 g/mol. The second-order valence-corrected chi connectivity index (χ2v) is 8.87. The van der Waals surface area contributed by atoms with Crippen molar-refractivity contribution < 1.29 is 37.6 Å². The fourth-order valence-electron chi connectivity index (χ4n) is 4.80. The molecule has 0 unspecified atom stereocenters. The summed E-state index contributed by atoms with van der Waals surface area (Å²) in [7, 11) is 0. The topological polar surface area (TPSA) is 96.8 Å². The van der Waals surface area contributed by atoms with Crippen LogP contribution in [0, 0.1) is 0 Å². The zero-order valence-electron chi connectivity index (χ0n) is 18.7. The van der Waals surface area contributed by atoms with Gasteiger partial charge in [0.1, 0.15) is 24.1 Å². The number of phenolic OH excluding ortho intramolecular Hbond substituents is 1. The quantitative estimate of drug-likeness (QED) is 0.383. The maximum Gasteiger partial charge on any atom is 0.417 e. The highest BCUT2D eigenvalue weighted by Crippen LogP contribution is 2.40. The third kappa shape index (κ3) is 3.97. The number of hydrogen-bond acceptors (Lipinski definition) is 6. The second-order valence-electron chi connectivity index (χ2n) is 8.87. The summed E-state index contributed by atoms with van der Waals surface area (Å²) in [6, 6.07) is 15.7.